The van der Waals surface area contributed by atoms with Gasteiger partial charge in [-0.05, 0) is 25.3 Å². The van der Waals surface area contributed by atoms with E-state index in [0.29, 0.717) is 24.0 Å². The molecule has 18 heavy (non-hydrogen) atoms. The molecule has 1 saturated carbocycles. The molecule has 2 aromatic rings. The molecule has 2 aromatic heterocycles. The van der Waals surface area contributed by atoms with Crippen molar-refractivity contribution < 1.29 is 9.32 Å². The Hall–Kier alpha value is -2.11. The Balaban J connectivity index is 1.89. The van der Waals surface area contributed by atoms with Crippen LogP contribution in [0.15, 0.2) is 16.9 Å². The number of ketones is 1. The molecule has 0 radical (unpaired) electrons. The largest absolute Gasteiger partial charge is 0.338 e. The molecule has 0 aliphatic heterocycles. The van der Waals surface area contributed by atoms with Crippen LogP contribution in [0.3, 0.4) is 0 Å². The lowest BCUT2D eigenvalue weighted by atomic mass is 10.1. The summed E-state index contributed by atoms with van der Waals surface area (Å²) in [5.74, 6) is 1.08. The number of carbonyl (C=O) groups excluding carboxylic acids is 1. The van der Waals surface area contributed by atoms with Gasteiger partial charge in [-0.15, -0.1) is 0 Å². The molecule has 0 amide bonds. The number of rotatable bonds is 2. The van der Waals surface area contributed by atoms with E-state index < -0.39 is 0 Å². The molecule has 92 valence electrons. The second-order valence-corrected chi connectivity index (χ2v) is 4.45. The summed E-state index contributed by atoms with van der Waals surface area (Å²) in [5.41, 5.74) is 0.966. The first-order valence-electron chi connectivity index (χ1n) is 5.89. The summed E-state index contributed by atoms with van der Waals surface area (Å²) in [6.45, 7) is 1.91. The zero-order valence-electron chi connectivity index (χ0n) is 9.96. The predicted octanol–water partition coefficient (Wildman–Crippen LogP) is 1.67. The third-order valence-electron chi connectivity index (χ3n) is 3.03. The Labute approximate surface area is 103 Å². The standard InChI is InChI=1S/C12H12N4O2/c1-7-5-13-10(14-6-7)11-15-12(18-16-11)8-3-2-4-9(8)17/h5-6,8H,2-4H2,1H3. The molecule has 1 fully saturated rings. The van der Waals surface area contributed by atoms with E-state index in [4.69, 9.17) is 4.52 Å². The Morgan fingerprint density at radius 3 is 2.72 bits per heavy atom. The smallest absolute Gasteiger partial charge is 0.240 e. The summed E-state index contributed by atoms with van der Waals surface area (Å²) in [5, 5.41) is 3.83. The Morgan fingerprint density at radius 2 is 2.06 bits per heavy atom. The fourth-order valence-electron chi connectivity index (χ4n) is 2.05. The van der Waals surface area contributed by atoms with Gasteiger partial charge in [-0.2, -0.15) is 4.98 Å². The molecule has 6 nitrogen and oxygen atoms in total. The summed E-state index contributed by atoms with van der Waals surface area (Å²) < 4.78 is 5.14. The average molecular weight is 244 g/mol. The van der Waals surface area contributed by atoms with Crippen LogP contribution in [0.4, 0.5) is 0 Å². The van der Waals surface area contributed by atoms with Gasteiger partial charge in [-0.25, -0.2) is 9.97 Å². The topological polar surface area (TPSA) is 81.8 Å². The molecule has 2 heterocycles. The average Bonchev–Trinajstić information content (AvgIpc) is 2.98. The summed E-state index contributed by atoms with van der Waals surface area (Å²) >= 11 is 0. The van der Waals surface area contributed by atoms with Crippen LogP contribution in [0.5, 0.6) is 0 Å². The van der Waals surface area contributed by atoms with Crippen molar-refractivity contribution in [2.75, 3.05) is 0 Å². The molecule has 1 aliphatic carbocycles. The van der Waals surface area contributed by atoms with Crippen molar-refractivity contribution in [2.45, 2.75) is 32.1 Å². The first-order chi connectivity index (χ1) is 8.74. The third-order valence-corrected chi connectivity index (χ3v) is 3.03. The Bertz CT molecular complexity index is 576. The van der Waals surface area contributed by atoms with Crippen LogP contribution >= 0.6 is 0 Å². The monoisotopic (exact) mass is 244 g/mol. The van der Waals surface area contributed by atoms with Gasteiger partial charge in [-0.1, -0.05) is 5.16 Å². The van der Waals surface area contributed by atoms with Crippen LogP contribution in [0, 0.1) is 6.92 Å². The number of aryl methyl sites for hydroxylation is 1. The maximum absolute atomic E-state index is 11.6. The fraction of sp³-hybridized carbons (Fsp3) is 0.417. The van der Waals surface area contributed by atoms with Crippen LogP contribution in [0.25, 0.3) is 11.6 Å². The van der Waals surface area contributed by atoms with Gasteiger partial charge in [0, 0.05) is 18.8 Å². The minimum atomic E-state index is -0.239. The minimum absolute atomic E-state index is 0.176. The third kappa shape index (κ3) is 1.90. The fourth-order valence-corrected chi connectivity index (χ4v) is 2.05. The van der Waals surface area contributed by atoms with E-state index >= 15 is 0 Å². The normalized spacial score (nSPS) is 19.4. The van der Waals surface area contributed by atoms with Crippen LogP contribution in [0.2, 0.25) is 0 Å². The number of hydrogen-bond acceptors (Lipinski definition) is 6. The molecule has 0 bridgehead atoms. The van der Waals surface area contributed by atoms with Gasteiger partial charge in [0.2, 0.25) is 17.5 Å². The highest BCUT2D eigenvalue weighted by atomic mass is 16.5. The molecular weight excluding hydrogens is 232 g/mol. The van der Waals surface area contributed by atoms with Crippen LogP contribution in [-0.4, -0.2) is 25.9 Å². The second-order valence-electron chi connectivity index (χ2n) is 4.45. The highest BCUT2D eigenvalue weighted by Crippen LogP contribution is 2.30. The van der Waals surface area contributed by atoms with Crippen molar-refractivity contribution in [1.82, 2.24) is 20.1 Å². The van der Waals surface area contributed by atoms with Crippen LogP contribution in [-0.2, 0) is 4.79 Å². The summed E-state index contributed by atoms with van der Waals surface area (Å²) in [4.78, 5) is 24.1. The van der Waals surface area contributed by atoms with Gasteiger partial charge in [0.25, 0.3) is 0 Å². The lowest BCUT2D eigenvalue weighted by Crippen LogP contribution is -2.04. The van der Waals surface area contributed by atoms with Gasteiger partial charge in [0.05, 0.1) is 5.92 Å². The molecule has 1 atom stereocenters. The van der Waals surface area contributed by atoms with E-state index in [0.717, 1.165) is 18.4 Å². The van der Waals surface area contributed by atoms with Gasteiger partial charge in [0.1, 0.15) is 5.78 Å². The maximum Gasteiger partial charge on any atom is 0.240 e. The van der Waals surface area contributed by atoms with Crippen molar-refractivity contribution in [2.24, 2.45) is 0 Å². The van der Waals surface area contributed by atoms with Crippen LogP contribution < -0.4 is 0 Å². The molecule has 3 rings (SSSR count). The van der Waals surface area contributed by atoms with Crippen molar-refractivity contribution in [3.8, 4) is 11.6 Å². The van der Waals surface area contributed by atoms with Gasteiger partial charge in [-0.3, -0.25) is 4.79 Å². The molecule has 1 unspecified atom stereocenters. The number of aromatic nitrogens is 4. The SMILES string of the molecule is Cc1cnc(-c2noc(C3CCCC3=O)n2)nc1. The molecule has 0 spiro atoms. The number of hydrogen-bond donors (Lipinski definition) is 0. The molecule has 0 saturated heterocycles. The highest BCUT2D eigenvalue weighted by Gasteiger charge is 2.31. The van der Waals surface area contributed by atoms with E-state index in [1.807, 2.05) is 6.92 Å². The second kappa shape index (κ2) is 4.29. The quantitative estimate of drug-likeness (QED) is 0.799. The minimum Gasteiger partial charge on any atom is -0.338 e. The maximum atomic E-state index is 11.6. The molecule has 1 aliphatic rings. The first-order valence-corrected chi connectivity index (χ1v) is 5.89. The van der Waals surface area contributed by atoms with Gasteiger partial charge >= 0.3 is 0 Å². The predicted molar refractivity (Wildman–Crippen MR) is 61.7 cm³/mol. The zero-order valence-corrected chi connectivity index (χ0v) is 9.96. The first kappa shape index (κ1) is 11.0. The lowest BCUT2D eigenvalue weighted by Gasteiger charge is -1.98. The molecule has 0 aromatic carbocycles. The van der Waals surface area contributed by atoms with Crippen molar-refractivity contribution in [3.05, 3.63) is 23.8 Å². The number of nitrogens with zero attached hydrogens (tertiary/aromatic N) is 4. The molecule has 0 N–H and O–H groups in total. The van der Waals surface area contributed by atoms with Gasteiger partial charge < -0.3 is 4.52 Å². The lowest BCUT2D eigenvalue weighted by molar-refractivity contribution is -0.119. The van der Waals surface area contributed by atoms with E-state index in [-0.39, 0.29) is 11.7 Å². The summed E-state index contributed by atoms with van der Waals surface area (Å²) in [6, 6.07) is 0. The Morgan fingerprint density at radius 1 is 1.28 bits per heavy atom. The molecule has 6 heteroatoms. The summed E-state index contributed by atoms with van der Waals surface area (Å²) in [6.07, 6.45) is 5.67. The highest BCUT2D eigenvalue weighted by molar-refractivity contribution is 5.86. The van der Waals surface area contributed by atoms with Crippen molar-refractivity contribution in [3.63, 3.8) is 0 Å². The molecular formula is C12H12N4O2. The van der Waals surface area contributed by atoms with E-state index in [9.17, 15) is 4.79 Å². The van der Waals surface area contributed by atoms with Crippen LogP contribution in [0.1, 0.15) is 36.6 Å². The summed E-state index contributed by atoms with van der Waals surface area (Å²) in [7, 11) is 0. The number of Topliss-reactive ketones (excluding diaryl/α,β-unsaturated/α-hetero) is 1. The van der Waals surface area contributed by atoms with Crippen molar-refractivity contribution >= 4 is 5.78 Å². The van der Waals surface area contributed by atoms with Gasteiger partial charge in [0.15, 0.2) is 0 Å². The van der Waals surface area contributed by atoms with E-state index in [1.165, 1.54) is 0 Å². The van der Waals surface area contributed by atoms with E-state index in [1.54, 1.807) is 12.4 Å². The van der Waals surface area contributed by atoms with Crippen molar-refractivity contribution in [1.29, 1.82) is 0 Å². The number of carbonyl (C=O) groups is 1. The zero-order chi connectivity index (χ0) is 12.5. The Kier molecular flexibility index (Phi) is 2.62. The van der Waals surface area contributed by atoms with E-state index in [2.05, 4.69) is 20.1 Å².